The Morgan fingerprint density at radius 2 is 2.00 bits per heavy atom. The number of piperidine rings is 1. The van der Waals surface area contributed by atoms with E-state index in [9.17, 15) is 0 Å². The van der Waals surface area contributed by atoms with Crippen LogP contribution in [-0.4, -0.2) is 38.9 Å². The average Bonchev–Trinajstić information content (AvgIpc) is 2.73. The van der Waals surface area contributed by atoms with Crippen LogP contribution in [-0.2, 0) is 4.74 Å². The molecular weight excluding hydrogens is 164 g/mol. The SMILES string of the molecule is C1CC2(CCN1)CN[C@@H]1COC[C@@H]12. The van der Waals surface area contributed by atoms with Gasteiger partial charge in [-0.3, -0.25) is 0 Å². The highest BCUT2D eigenvalue weighted by molar-refractivity contribution is 5.04. The molecule has 0 amide bonds. The molecule has 0 unspecified atom stereocenters. The van der Waals surface area contributed by atoms with E-state index in [-0.39, 0.29) is 0 Å². The summed E-state index contributed by atoms with van der Waals surface area (Å²) in [6.07, 6.45) is 2.68. The highest BCUT2D eigenvalue weighted by Crippen LogP contribution is 2.44. The van der Waals surface area contributed by atoms with Crippen molar-refractivity contribution < 1.29 is 4.74 Å². The molecule has 3 saturated heterocycles. The van der Waals surface area contributed by atoms with Crippen LogP contribution in [0.2, 0.25) is 0 Å². The van der Waals surface area contributed by atoms with E-state index in [2.05, 4.69) is 10.6 Å². The van der Waals surface area contributed by atoms with Crippen LogP contribution < -0.4 is 10.6 Å². The molecule has 3 nitrogen and oxygen atoms in total. The summed E-state index contributed by atoms with van der Waals surface area (Å²) in [6, 6.07) is 0.665. The van der Waals surface area contributed by atoms with Gasteiger partial charge in [0.1, 0.15) is 0 Å². The molecule has 3 aliphatic heterocycles. The molecule has 3 heterocycles. The second kappa shape index (κ2) is 2.94. The molecular formula is C10H18N2O. The molecule has 0 aliphatic carbocycles. The standard InChI is InChI=1S/C10H18N2O/c1-3-11-4-2-10(1)7-12-9-6-13-5-8(9)10/h8-9,11-12H,1-7H2/t8-,9+/m0/s1. The maximum Gasteiger partial charge on any atom is 0.0623 e. The summed E-state index contributed by atoms with van der Waals surface area (Å²) in [5.41, 5.74) is 0.576. The molecule has 0 radical (unpaired) electrons. The number of rotatable bonds is 0. The molecule has 74 valence electrons. The smallest absolute Gasteiger partial charge is 0.0623 e. The summed E-state index contributed by atoms with van der Waals surface area (Å²) in [5, 5.41) is 7.07. The highest BCUT2D eigenvalue weighted by Gasteiger charge is 2.50. The number of fused-ring (bicyclic) bond motifs is 2. The zero-order valence-electron chi connectivity index (χ0n) is 8.01. The third-order valence-electron chi connectivity index (χ3n) is 4.18. The Balaban J connectivity index is 1.81. The summed E-state index contributed by atoms with van der Waals surface area (Å²) >= 11 is 0. The van der Waals surface area contributed by atoms with Gasteiger partial charge < -0.3 is 15.4 Å². The second-order valence-corrected chi connectivity index (χ2v) is 4.74. The van der Waals surface area contributed by atoms with Crippen LogP contribution in [0.4, 0.5) is 0 Å². The van der Waals surface area contributed by atoms with Gasteiger partial charge in [0.15, 0.2) is 0 Å². The van der Waals surface area contributed by atoms with Crippen LogP contribution in [0.3, 0.4) is 0 Å². The van der Waals surface area contributed by atoms with Gasteiger partial charge in [0.05, 0.1) is 13.2 Å². The van der Waals surface area contributed by atoms with Crippen LogP contribution in [0, 0.1) is 11.3 Å². The maximum absolute atomic E-state index is 5.56. The van der Waals surface area contributed by atoms with Gasteiger partial charge in [0, 0.05) is 18.5 Å². The van der Waals surface area contributed by atoms with Crippen LogP contribution in [0.5, 0.6) is 0 Å². The lowest BCUT2D eigenvalue weighted by Crippen LogP contribution is -2.42. The zero-order valence-corrected chi connectivity index (χ0v) is 8.01. The van der Waals surface area contributed by atoms with E-state index in [0.717, 1.165) is 19.1 Å². The monoisotopic (exact) mass is 182 g/mol. The van der Waals surface area contributed by atoms with Crippen molar-refractivity contribution in [2.75, 3.05) is 32.8 Å². The Hall–Kier alpha value is -0.120. The van der Waals surface area contributed by atoms with Crippen molar-refractivity contribution in [1.29, 1.82) is 0 Å². The van der Waals surface area contributed by atoms with E-state index in [4.69, 9.17) is 4.74 Å². The van der Waals surface area contributed by atoms with Gasteiger partial charge in [-0.2, -0.15) is 0 Å². The van der Waals surface area contributed by atoms with Gasteiger partial charge in [-0.1, -0.05) is 0 Å². The van der Waals surface area contributed by atoms with Gasteiger partial charge in [-0.25, -0.2) is 0 Å². The van der Waals surface area contributed by atoms with E-state index in [1.54, 1.807) is 0 Å². The quantitative estimate of drug-likeness (QED) is 0.552. The van der Waals surface area contributed by atoms with Gasteiger partial charge >= 0.3 is 0 Å². The highest BCUT2D eigenvalue weighted by atomic mass is 16.5. The summed E-state index contributed by atoms with van der Waals surface area (Å²) in [6.45, 7) is 5.57. The van der Waals surface area contributed by atoms with Gasteiger partial charge in [0.2, 0.25) is 0 Å². The fraction of sp³-hybridized carbons (Fsp3) is 1.00. The van der Waals surface area contributed by atoms with Crippen LogP contribution in [0.25, 0.3) is 0 Å². The topological polar surface area (TPSA) is 33.3 Å². The second-order valence-electron chi connectivity index (χ2n) is 4.74. The zero-order chi connectivity index (χ0) is 8.73. The van der Waals surface area contributed by atoms with Crippen LogP contribution >= 0.6 is 0 Å². The van der Waals surface area contributed by atoms with Crippen molar-refractivity contribution in [3.05, 3.63) is 0 Å². The Labute approximate surface area is 79.2 Å². The van der Waals surface area contributed by atoms with Gasteiger partial charge in [-0.15, -0.1) is 0 Å². The van der Waals surface area contributed by atoms with Crippen molar-refractivity contribution in [1.82, 2.24) is 10.6 Å². The Kier molecular flexibility index (Phi) is 1.86. The largest absolute Gasteiger partial charge is 0.379 e. The van der Waals surface area contributed by atoms with Crippen molar-refractivity contribution >= 4 is 0 Å². The van der Waals surface area contributed by atoms with E-state index < -0.39 is 0 Å². The molecule has 0 aromatic carbocycles. The number of hydrogen-bond donors (Lipinski definition) is 2. The Morgan fingerprint density at radius 1 is 1.15 bits per heavy atom. The first-order valence-corrected chi connectivity index (χ1v) is 5.43. The minimum atomic E-state index is 0.576. The number of ether oxygens (including phenoxy) is 1. The van der Waals surface area contributed by atoms with Crippen molar-refractivity contribution in [2.24, 2.45) is 11.3 Å². The molecule has 3 rings (SSSR count). The summed E-state index contributed by atoms with van der Waals surface area (Å²) < 4.78 is 5.56. The summed E-state index contributed by atoms with van der Waals surface area (Å²) in [4.78, 5) is 0. The van der Waals surface area contributed by atoms with Crippen molar-refractivity contribution in [2.45, 2.75) is 18.9 Å². The lowest BCUT2D eigenvalue weighted by molar-refractivity contribution is 0.105. The fourth-order valence-electron chi connectivity index (χ4n) is 3.30. The third-order valence-corrected chi connectivity index (χ3v) is 4.18. The van der Waals surface area contributed by atoms with E-state index in [1.165, 1.54) is 32.5 Å². The van der Waals surface area contributed by atoms with Crippen LogP contribution in [0.1, 0.15) is 12.8 Å². The summed E-state index contributed by atoms with van der Waals surface area (Å²) in [7, 11) is 0. The van der Waals surface area contributed by atoms with E-state index in [1.807, 2.05) is 0 Å². The minimum Gasteiger partial charge on any atom is -0.379 e. The minimum absolute atomic E-state index is 0.576. The molecule has 0 aromatic rings. The predicted octanol–water partition coefficient (Wildman–Crippen LogP) is -0.0256. The Bertz CT molecular complexity index is 196. The number of nitrogens with one attached hydrogen (secondary N) is 2. The molecule has 0 saturated carbocycles. The third kappa shape index (κ3) is 1.14. The van der Waals surface area contributed by atoms with Crippen molar-refractivity contribution in [3.8, 4) is 0 Å². The molecule has 13 heavy (non-hydrogen) atoms. The molecule has 0 aromatic heterocycles. The lowest BCUT2D eigenvalue weighted by Gasteiger charge is -2.37. The number of hydrogen-bond acceptors (Lipinski definition) is 3. The van der Waals surface area contributed by atoms with E-state index in [0.29, 0.717) is 11.5 Å². The molecule has 2 N–H and O–H groups in total. The molecule has 1 spiro atoms. The molecule has 0 bridgehead atoms. The summed E-state index contributed by atoms with van der Waals surface area (Å²) in [5.74, 6) is 0.801. The maximum atomic E-state index is 5.56. The molecule has 2 atom stereocenters. The first-order valence-electron chi connectivity index (χ1n) is 5.43. The Morgan fingerprint density at radius 3 is 2.85 bits per heavy atom. The van der Waals surface area contributed by atoms with E-state index >= 15 is 0 Å². The lowest BCUT2D eigenvalue weighted by atomic mass is 9.70. The average molecular weight is 182 g/mol. The predicted molar refractivity (Wildman–Crippen MR) is 50.6 cm³/mol. The molecule has 3 heteroatoms. The van der Waals surface area contributed by atoms with Gasteiger partial charge in [-0.05, 0) is 31.3 Å². The van der Waals surface area contributed by atoms with Crippen LogP contribution in [0.15, 0.2) is 0 Å². The first kappa shape index (κ1) is 8.21. The molecule has 3 fully saturated rings. The fourth-order valence-corrected chi connectivity index (χ4v) is 3.30. The normalized spacial score (nSPS) is 42.5. The van der Waals surface area contributed by atoms with Gasteiger partial charge in [0.25, 0.3) is 0 Å². The van der Waals surface area contributed by atoms with Crippen molar-refractivity contribution in [3.63, 3.8) is 0 Å². The first-order chi connectivity index (χ1) is 6.41. The molecule has 3 aliphatic rings.